The molecule has 0 fully saturated rings. The number of carbonyl (C=O) groups is 2. The summed E-state index contributed by atoms with van der Waals surface area (Å²) < 4.78 is 0.874. The molecular formula is C28H23BrCl2N2O2. The van der Waals surface area contributed by atoms with Crippen molar-refractivity contribution in [1.82, 2.24) is 0 Å². The van der Waals surface area contributed by atoms with E-state index < -0.39 is 6.04 Å². The van der Waals surface area contributed by atoms with Gasteiger partial charge >= 0.3 is 0 Å². The van der Waals surface area contributed by atoms with Gasteiger partial charge in [-0.3, -0.25) is 14.5 Å². The summed E-state index contributed by atoms with van der Waals surface area (Å²) in [6, 6.07) is 19.3. The molecule has 1 aliphatic heterocycles. The van der Waals surface area contributed by atoms with Crippen LogP contribution in [0.15, 0.2) is 82.5 Å². The zero-order valence-corrected chi connectivity index (χ0v) is 22.3. The van der Waals surface area contributed by atoms with E-state index in [0.717, 1.165) is 15.9 Å². The Morgan fingerprint density at radius 2 is 1.74 bits per heavy atom. The molecule has 35 heavy (non-hydrogen) atoms. The van der Waals surface area contributed by atoms with Crippen molar-refractivity contribution < 1.29 is 9.59 Å². The van der Waals surface area contributed by atoms with Crippen LogP contribution >= 0.6 is 39.1 Å². The number of hydrogen-bond acceptors (Lipinski definition) is 3. The minimum absolute atomic E-state index is 0.00109. The van der Waals surface area contributed by atoms with Crippen LogP contribution in [0.2, 0.25) is 10.0 Å². The van der Waals surface area contributed by atoms with Crippen LogP contribution in [0.4, 0.5) is 11.4 Å². The van der Waals surface area contributed by atoms with E-state index in [-0.39, 0.29) is 17.1 Å². The van der Waals surface area contributed by atoms with Crippen LogP contribution in [0.25, 0.3) is 0 Å². The van der Waals surface area contributed by atoms with Gasteiger partial charge in [-0.05, 0) is 65.9 Å². The normalized spacial score (nSPS) is 18.9. The van der Waals surface area contributed by atoms with Crippen molar-refractivity contribution in [3.63, 3.8) is 0 Å². The number of amides is 1. The molecule has 1 amide bonds. The number of anilines is 2. The smallest absolute Gasteiger partial charge is 0.259 e. The van der Waals surface area contributed by atoms with Gasteiger partial charge in [0.25, 0.3) is 5.91 Å². The van der Waals surface area contributed by atoms with Gasteiger partial charge in [0.15, 0.2) is 5.78 Å². The number of rotatable bonds is 2. The molecule has 0 aromatic heterocycles. The molecule has 1 N–H and O–H groups in total. The molecule has 0 bridgehead atoms. The molecule has 1 heterocycles. The number of fused-ring (bicyclic) bond motifs is 1. The van der Waals surface area contributed by atoms with Crippen molar-refractivity contribution in [3.05, 3.63) is 104 Å². The standard InChI is InChI=1S/C28H23BrCl2N2O2/c1-28(2)14-22-25(24(34)15-28)26(19-12-11-18(30)13-20(19)31)33(23-6-4-3-5-21(23)32-22)27(35)16-7-9-17(29)10-8-16/h3-13,26,32H,14-15H2,1-2H3/t26-/m1/s1. The number of carbonyl (C=O) groups excluding carboxylic acids is 2. The zero-order valence-electron chi connectivity index (χ0n) is 19.2. The van der Waals surface area contributed by atoms with E-state index in [2.05, 4.69) is 35.1 Å². The highest BCUT2D eigenvalue weighted by Gasteiger charge is 2.44. The van der Waals surface area contributed by atoms with Gasteiger partial charge in [0, 0.05) is 37.8 Å². The minimum atomic E-state index is -0.717. The third kappa shape index (κ3) is 4.53. The van der Waals surface area contributed by atoms with Crippen molar-refractivity contribution in [2.24, 2.45) is 5.41 Å². The van der Waals surface area contributed by atoms with E-state index in [0.29, 0.717) is 45.3 Å². The highest BCUT2D eigenvalue weighted by Crippen LogP contribution is 2.49. The SMILES string of the molecule is CC1(C)CC(=O)C2=C(C1)Nc1ccccc1N(C(=O)c1ccc(Br)cc1)[C@@H]2c1ccc(Cl)cc1Cl. The minimum Gasteiger partial charge on any atom is -0.357 e. The lowest BCUT2D eigenvalue weighted by Crippen LogP contribution is -2.39. The van der Waals surface area contributed by atoms with Gasteiger partial charge in [-0.15, -0.1) is 0 Å². The summed E-state index contributed by atoms with van der Waals surface area (Å²) in [5, 5.41) is 4.40. The molecule has 0 saturated heterocycles. The summed E-state index contributed by atoms with van der Waals surface area (Å²) in [5.74, 6) is -0.227. The molecule has 4 nitrogen and oxygen atoms in total. The molecule has 7 heteroatoms. The number of halogens is 3. The maximum atomic E-state index is 14.2. The maximum absolute atomic E-state index is 14.2. The van der Waals surface area contributed by atoms with Gasteiger partial charge in [0.2, 0.25) is 0 Å². The molecule has 1 aliphatic carbocycles. The molecule has 3 aromatic carbocycles. The topological polar surface area (TPSA) is 49.4 Å². The van der Waals surface area contributed by atoms with Crippen LogP contribution in [0.3, 0.4) is 0 Å². The predicted octanol–water partition coefficient (Wildman–Crippen LogP) is 8.21. The van der Waals surface area contributed by atoms with Crippen LogP contribution < -0.4 is 10.2 Å². The highest BCUT2D eigenvalue weighted by molar-refractivity contribution is 9.10. The lowest BCUT2D eigenvalue weighted by atomic mass is 9.73. The second-order valence-corrected chi connectivity index (χ2v) is 11.5. The molecule has 0 spiro atoms. The van der Waals surface area contributed by atoms with Crippen molar-refractivity contribution in [1.29, 1.82) is 0 Å². The summed E-state index contributed by atoms with van der Waals surface area (Å²) in [7, 11) is 0. The summed E-state index contributed by atoms with van der Waals surface area (Å²) in [6.07, 6.45) is 1.05. The largest absolute Gasteiger partial charge is 0.357 e. The Labute approximate surface area is 223 Å². The number of para-hydroxylation sites is 2. The fraction of sp³-hybridized carbons (Fsp3) is 0.214. The third-order valence-electron chi connectivity index (χ3n) is 6.47. The Balaban J connectivity index is 1.81. The van der Waals surface area contributed by atoms with Gasteiger partial charge in [0.05, 0.1) is 17.4 Å². The molecular weight excluding hydrogens is 547 g/mol. The molecule has 0 radical (unpaired) electrons. The summed E-state index contributed by atoms with van der Waals surface area (Å²) >= 11 is 16.4. The quantitative estimate of drug-likeness (QED) is 0.338. The number of nitrogens with zero attached hydrogens (tertiary/aromatic N) is 1. The molecule has 3 aromatic rings. The highest BCUT2D eigenvalue weighted by atomic mass is 79.9. The lowest BCUT2D eigenvalue weighted by Gasteiger charge is -2.37. The molecule has 1 atom stereocenters. The lowest BCUT2D eigenvalue weighted by molar-refractivity contribution is -0.118. The second kappa shape index (κ2) is 9.12. The predicted molar refractivity (Wildman–Crippen MR) is 145 cm³/mol. The fourth-order valence-corrected chi connectivity index (χ4v) is 5.74. The Morgan fingerprint density at radius 3 is 2.46 bits per heavy atom. The van der Waals surface area contributed by atoms with Crippen molar-refractivity contribution in [2.75, 3.05) is 10.2 Å². The number of nitrogens with one attached hydrogen (secondary N) is 1. The van der Waals surface area contributed by atoms with Gasteiger partial charge in [-0.1, -0.05) is 71.2 Å². The van der Waals surface area contributed by atoms with Crippen LogP contribution in [0.1, 0.15) is 48.7 Å². The molecule has 5 rings (SSSR count). The molecule has 0 unspecified atom stereocenters. The Hall–Kier alpha value is -2.60. The van der Waals surface area contributed by atoms with Crippen LogP contribution in [-0.4, -0.2) is 11.7 Å². The number of allylic oxidation sites excluding steroid dienone is 1. The number of ketones is 1. The van der Waals surface area contributed by atoms with E-state index in [4.69, 9.17) is 23.2 Å². The Bertz CT molecular complexity index is 1380. The van der Waals surface area contributed by atoms with Crippen LogP contribution in [-0.2, 0) is 4.79 Å². The first-order valence-corrected chi connectivity index (χ1v) is 12.9. The average molecular weight is 570 g/mol. The molecule has 178 valence electrons. The number of hydrogen-bond donors (Lipinski definition) is 1. The monoisotopic (exact) mass is 568 g/mol. The third-order valence-corrected chi connectivity index (χ3v) is 7.56. The van der Waals surface area contributed by atoms with Gasteiger partial charge in [0.1, 0.15) is 0 Å². The van der Waals surface area contributed by atoms with Gasteiger partial charge in [-0.2, -0.15) is 0 Å². The summed E-state index contributed by atoms with van der Waals surface area (Å²) in [5.41, 5.74) is 3.78. The van der Waals surface area contributed by atoms with Gasteiger partial charge < -0.3 is 5.32 Å². The van der Waals surface area contributed by atoms with E-state index in [1.54, 1.807) is 29.2 Å². The first-order chi connectivity index (χ1) is 16.6. The first kappa shape index (κ1) is 24.1. The molecule has 2 aliphatic rings. The first-order valence-electron chi connectivity index (χ1n) is 11.3. The maximum Gasteiger partial charge on any atom is 0.259 e. The summed E-state index contributed by atoms with van der Waals surface area (Å²) in [6.45, 7) is 4.17. The van der Waals surface area contributed by atoms with Crippen molar-refractivity contribution in [3.8, 4) is 0 Å². The average Bonchev–Trinajstić information content (AvgIpc) is 2.92. The van der Waals surface area contributed by atoms with E-state index in [1.165, 1.54) is 0 Å². The zero-order chi connectivity index (χ0) is 24.9. The van der Waals surface area contributed by atoms with Crippen LogP contribution in [0.5, 0.6) is 0 Å². The van der Waals surface area contributed by atoms with Crippen LogP contribution in [0, 0.1) is 5.41 Å². The van der Waals surface area contributed by atoms with E-state index in [9.17, 15) is 9.59 Å². The Morgan fingerprint density at radius 1 is 1.03 bits per heavy atom. The summed E-state index contributed by atoms with van der Waals surface area (Å²) in [4.78, 5) is 29.6. The van der Waals surface area contributed by atoms with Crippen molar-refractivity contribution >= 4 is 62.2 Å². The second-order valence-electron chi connectivity index (χ2n) is 9.73. The van der Waals surface area contributed by atoms with E-state index >= 15 is 0 Å². The fourth-order valence-electron chi connectivity index (χ4n) is 4.96. The number of Topliss-reactive ketones (excluding diaryl/α,β-unsaturated/α-hetero) is 1. The Kier molecular flexibility index (Phi) is 6.28. The van der Waals surface area contributed by atoms with Crippen molar-refractivity contribution in [2.45, 2.75) is 32.7 Å². The molecule has 0 saturated carbocycles. The number of benzene rings is 3. The van der Waals surface area contributed by atoms with Gasteiger partial charge in [-0.25, -0.2) is 0 Å². The van der Waals surface area contributed by atoms with E-state index in [1.807, 2.05) is 42.5 Å².